The van der Waals surface area contributed by atoms with E-state index in [1.165, 1.54) is 12.1 Å². The number of hydrogen-bond donors (Lipinski definition) is 1. The predicted octanol–water partition coefficient (Wildman–Crippen LogP) is 1.67. The van der Waals surface area contributed by atoms with Crippen molar-refractivity contribution in [1.29, 1.82) is 0 Å². The molecule has 0 aliphatic carbocycles. The highest BCUT2D eigenvalue weighted by molar-refractivity contribution is 5.94. The second kappa shape index (κ2) is 5.75. The Morgan fingerprint density at radius 1 is 1.32 bits per heavy atom. The van der Waals surface area contributed by atoms with Crippen molar-refractivity contribution in [3.05, 3.63) is 41.8 Å². The Morgan fingerprint density at radius 2 is 2.05 bits per heavy atom. The maximum absolute atomic E-state index is 13.1. The average molecular weight is 261 g/mol. The lowest BCUT2D eigenvalue weighted by molar-refractivity contribution is 0.0946. The number of hydrogen-bond acceptors (Lipinski definition) is 3. The van der Waals surface area contributed by atoms with Crippen LogP contribution in [-0.4, -0.2) is 43.0 Å². The molecule has 0 aliphatic heterocycles. The molecule has 0 saturated carbocycles. The van der Waals surface area contributed by atoms with Crippen LogP contribution in [0.2, 0.25) is 0 Å². The molecule has 1 aromatic carbocycles. The Hall–Kier alpha value is -2.01. The summed E-state index contributed by atoms with van der Waals surface area (Å²) in [5.74, 6) is -0.599. The van der Waals surface area contributed by atoms with E-state index in [1.54, 1.807) is 18.2 Å². The zero-order valence-electron chi connectivity index (χ0n) is 11.0. The Balaban J connectivity index is 2.13. The highest BCUT2D eigenvalue weighted by atomic mass is 19.1. The van der Waals surface area contributed by atoms with Crippen molar-refractivity contribution in [3.63, 3.8) is 0 Å². The molecule has 19 heavy (non-hydrogen) atoms. The largest absolute Gasteiger partial charge is 0.349 e. The molecule has 100 valence electrons. The van der Waals surface area contributed by atoms with Gasteiger partial charge in [0.25, 0.3) is 5.91 Å². The molecule has 4 nitrogen and oxygen atoms in total. The SMILES string of the molecule is CN(C)CCNC(=O)c1ccc2ccc(F)cc2n1. The molecule has 0 radical (unpaired) electrons. The predicted molar refractivity (Wildman–Crippen MR) is 72.6 cm³/mol. The number of halogens is 1. The van der Waals surface area contributed by atoms with Crippen molar-refractivity contribution in [2.75, 3.05) is 27.2 Å². The summed E-state index contributed by atoms with van der Waals surface area (Å²) < 4.78 is 13.1. The molecule has 0 bridgehead atoms. The van der Waals surface area contributed by atoms with Gasteiger partial charge in [0.15, 0.2) is 0 Å². The summed E-state index contributed by atoms with van der Waals surface area (Å²) in [6.45, 7) is 1.31. The summed E-state index contributed by atoms with van der Waals surface area (Å²) in [5, 5.41) is 3.58. The van der Waals surface area contributed by atoms with Crippen molar-refractivity contribution in [2.45, 2.75) is 0 Å². The third-order valence-corrected chi connectivity index (χ3v) is 2.73. The summed E-state index contributed by atoms with van der Waals surface area (Å²) in [6, 6.07) is 7.76. The first-order valence-corrected chi connectivity index (χ1v) is 6.05. The lowest BCUT2D eigenvalue weighted by Gasteiger charge is -2.10. The van der Waals surface area contributed by atoms with Crippen LogP contribution in [0.1, 0.15) is 10.5 Å². The van der Waals surface area contributed by atoms with Gasteiger partial charge in [-0.05, 0) is 32.3 Å². The van der Waals surface area contributed by atoms with Gasteiger partial charge in [0.05, 0.1) is 5.52 Å². The lowest BCUT2D eigenvalue weighted by atomic mass is 10.2. The number of aromatic nitrogens is 1. The van der Waals surface area contributed by atoms with Crippen molar-refractivity contribution in [3.8, 4) is 0 Å². The summed E-state index contributed by atoms with van der Waals surface area (Å²) in [4.78, 5) is 18.0. The maximum atomic E-state index is 13.1. The van der Waals surface area contributed by atoms with Crippen molar-refractivity contribution in [2.24, 2.45) is 0 Å². The summed E-state index contributed by atoms with van der Waals surface area (Å²) in [6.07, 6.45) is 0. The van der Waals surface area contributed by atoms with Crippen molar-refractivity contribution < 1.29 is 9.18 Å². The van der Waals surface area contributed by atoms with Crippen LogP contribution >= 0.6 is 0 Å². The fraction of sp³-hybridized carbons (Fsp3) is 0.286. The molecule has 2 rings (SSSR count). The molecule has 2 aromatic rings. The van der Waals surface area contributed by atoms with Crippen LogP contribution in [0.5, 0.6) is 0 Å². The number of pyridine rings is 1. The van der Waals surface area contributed by atoms with Crippen molar-refractivity contribution >= 4 is 16.8 Å². The van der Waals surface area contributed by atoms with E-state index in [2.05, 4.69) is 10.3 Å². The molecule has 0 spiro atoms. The lowest BCUT2D eigenvalue weighted by Crippen LogP contribution is -2.31. The second-order valence-electron chi connectivity index (χ2n) is 4.59. The van der Waals surface area contributed by atoms with Gasteiger partial charge in [-0.2, -0.15) is 0 Å². The van der Waals surface area contributed by atoms with Gasteiger partial charge >= 0.3 is 0 Å². The molecule has 0 fully saturated rings. The second-order valence-corrected chi connectivity index (χ2v) is 4.59. The molecule has 1 heterocycles. The van der Waals surface area contributed by atoms with Crippen molar-refractivity contribution in [1.82, 2.24) is 15.2 Å². The van der Waals surface area contributed by atoms with Gasteiger partial charge in [0.2, 0.25) is 0 Å². The first-order valence-electron chi connectivity index (χ1n) is 6.05. The summed E-state index contributed by atoms with van der Waals surface area (Å²) in [5.41, 5.74) is 0.789. The number of nitrogens with zero attached hydrogens (tertiary/aromatic N) is 2. The van der Waals surface area contributed by atoms with E-state index >= 15 is 0 Å². The fourth-order valence-corrected chi connectivity index (χ4v) is 1.70. The quantitative estimate of drug-likeness (QED) is 0.910. The number of likely N-dealkylation sites (N-methyl/N-ethyl adjacent to an activating group) is 1. The minimum absolute atomic E-state index is 0.243. The van der Waals surface area contributed by atoms with E-state index in [9.17, 15) is 9.18 Å². The Bertz CT molecular complexity index is 598. The van der Waals surface area contributed by atoms with Crippen LogP contribution in [0.25, 0.3) is 10.9 Å². The average Bonchev–Trinajstić information content (AvgIpc) is 2.37. The molecule has 5 heteroatoms. The Morgan fingerprint density at radius 3 is 2.79 bits per heavy atom. The topological polar surface area (TPSA) is 45.2 Å². The molecule has 1 amide bonds. The standard InChI is InChI=1S/C14H16FN3O/c1-18(2)8-7-16-14(19)12-6-4-10-3-5-11(15)9-13(10)17-12/h3-6,9H,7-8H2,1-2H3,(H,16,19). The first kappa shape index (κ1) is 13.4. The number of carbonyl (C=O) groups excluding carboxylic acids is 1. The van der Waals surface area contributed by atoms with E-state index in [-0.39, 0.29) is 11.7 Å². The Labute approximate surface area is 111 Å². The number of benzene rings is 1. The number of carbonyl (C=O) groups is 1. The minimum atomic E-state index is -0.356. The smallest absolute Gasteiger partial charge is 0.269 e. The molecule has 0 aliphatic rings. The fourth-order valence-electron chi connectivity index (χ4n) is 1.70. The summed E-state index contributed by atoms with van der Waals surface area (Å²) in [7, 11) is 3.87. The number of fused-ring (bicyclic) bond motifs is 1. The van der Waals surface area contributed by atoms with Gasteiger partial charge in [0.1, 0.15) is 11.5 Å². The number of rotatable bonds is 4. The van der Waals surface area contributed by atoms with E-state index < -0.39 is 0 Å². The number of amides is 1. The van der Waals surface area contributed by atoms with Gasteiger partial charge in [-0.25, -0.2) is 9.37 Å². The van der Waals surface area contributed by atoms with Gasteiger partial charge < -0.3 is 10.2 Å². The molecular weight excluding hydrogens is 245 g/mol. The van der Waals surface area contributed by atoms with Gasteiger partial charge in [0, 0.05) is 24.5 Å². The van der Waals surface area contributed by atoms with Gasteiger partial charge in [-0.3, -0.25) is 4.79 Å². The first-order chi connectivity index (χ1) is 9.06. The minimum Gasteiger partial charge on any atom is -0.349 e. The van der Waals surface area contributed by atoms with Crippen LogP contribution in [0, 0.1) is 5.82 Å². The van der Waals surface area contributed by atoms with Crippen LogP contribution < -0.4 is 5.32 Å². The molecule has 0 atom stereocenters. The third-order valence-electron chi connectivity index (χ3n) is 2.73. The van der Waals surface area contributed by atoms with Gasteiger partial charge in [-0.1, -0.05) is 6.07 Å². The normalized spacial score (nSPS) is 10.9. The van der Waals surface area contributed by atoms with E-state index in [0.29, 0.717) is 17.8 Å². The highest BCUT2D eigenvalue weighted by Crippen LogP contribution is 2.13. The number of nitrogens with one attached hydrogen (secondary N) is 1. The van der Waals surface area contributed by atoms with E-state index in [4.69, 9.17) is 0 Å². The molecule has 0 saturated heterocycles. The highest BCUT2D eigenvalue weighted by Gasteiger charge is 2.08. The third kappa shape index (κ3) is 3.48. The summed E-state index contributed by atoms with van der Waals surface area (Å²) >= 11 is 0. The van der Waals surface area contributed by atoms with Crippen LogP contribution in [0.3, 0.4) is 0 Å². The maximum Gasteiger partial charge on any atom is 0.269 e. The van der Waals surface area contributed by atoms with E-state index in [1.807, 2.05) is 19.0 Å². The van der Waals surface area contributed by atoms with Gasteiger partial charge in [-0.15, -0.1) is 0 Å². The zero-order chi connectivity index (χ0) is 13.8. The molecular formula is C14H16FN3O. The van der Waals surface area contributed by atoms with Crippen LogP contribution in [-0.2, 0) is 0 Å². The monoisotopic (exact) mass is 261 g/mol. The zero-order valence-corrected chi connectivity index (χ0v) is 11.0. The van der Waals surface area contributed by atoms with Crippen LogP contribution in [0.4, 0.5) is 4.39 Å². The molecule has 0 unspecified atom stereocenters. The molecule has 1 N–H and O–H groups in total. The molecule has 1 aromatic heterocycles. The van der Waals surface area contributed by atoms with E-state index in [0.717, 1.165) is 11.9 Å². The van der Waals surface area contributed by atoms with Crippen LogP contribution in [0.15, 0.2) is 30.3 Å². The Kier molecular flexibility index (Phi) is 4.06.